The number of hydrogen-bond acceptors (Lipinski definition) is 1. The molecule has 0 unspecified atom stereocenters. The molecule has 2 saturated carbocycles. The smallest absolute Gasteiger partial charge is 0.0354 e. The van der Waals surface area contributed by atoms with Gasteiger partial charge in [0.05, 0.1) is 0 Å². The van der Waals surface area contributed by atoms with Gasteiger partial charge in [-0.05, 0) is 43.6 Å². The van der Waals surface area contributed by atoms with E-state index in [-0.39, 0.29) is 5.41 Å². The zero-order chi connectivity index (χ0) is 12.1. The van der Waals surface area contributed by atoms with Crippen LogP contribution in [0.2, 0.25) is 0 Å². The second kappa shape index (κ2) is 3.38. The molecule has 1 spiro atoms. The fourth-order valence-corrected chi connectivity index (χ4v) is 3.53. The summed E-state index contributed by atoms with van der Waals surface area (Å²) in [5.41, 5.74) is 4.89. The summed E-state index contributed by atoms with van der Waals surface area (Å²) in [7, 11) is 2.00. The summed E-state index contributed by atoms with van der Waals surface area (Å²) < 4.78 is 0. The van der Waals surface area contributed by atoms with E-state index in [1.165, 1.54) is 42.5 Å². The zero-order valence-corrected chi connectivity index (χ0v) is 10.8. The first-order chi connectivity index (χ1) is 8.10. The second-order valence-corrected chi connectivity index (χ2v) is 6.03. The van der Waals surface area contributed by atoms with Crippen molar-refractivity contribution in [3.63, 3.8) is 0 Å². The Morgan fingerprint density at radius 3 is 2.53 bits per heavy atom. The normalized spacial score (nSPS) is 22.9. The minimum absolute atomic E-state index is 0.206. The average Bonchev–Trinajstić information content (AvgIpc) is 3.05. The molecule has 1 heteroatoms. The van der Waals surface area contributed by atoms with E-state index in [0.29, 0.717) is 5.41 Å². The molecule has 2 aliphatic rings. The van der Waals surface area contributed by atoms with Gasteiger partial charge in [-0.2, -0.15) is 0 Å². The molecule has 0 atom stereocenters. The van der Waals surface area contributed by atoms with E-state index in [4.69, 9.17) is 0 Å². The number of benzene rings is 1. The summed E-state index contributed by atoms with van der Waals surface area (Å²) in [6, 6.07) is 8.95. The monoisotopic (exact) mass is 227 g/mol. The minimum atomic E-state index is 0.206. The maximum Gasteiger partial charge on any atom is 0.0354 e. The van der Waals surface area contributed by atoms with Gasteiger partial charge in [0.15, 0.2) is 0 Å². The Balaban J connectivity index is 1.97. The summed E-state index contributed by atoms with van der Waals surface area (Å²) in [6.07, 6.45) is 5.45. The Hall–Kier alpha value is -1.24. The van der Waals surface area contributed by atoms with Gasteiger partial charge in [-0.3, -0.25) is 0 Å². The quantitative estimate of drug-likeness (QED) is 0.833. The van der Waals surface area contributed by atoms with Crippen molar-refractivity contribution in [2.24, 2.45) is 5.41 Å². The standard InChI is InChI=1S/C16H21N/c1-12-5-4-6-14(9-12)16(13(2)17-3)10-15(11-16)7-8-15/h4-6,9,17H,2,7-8,10-11H2,1,3H3. The summed E-state index contributed by atoms with van der Waals surface area (Å²) in [5, 5.41) is 3.30. The molecule has 0 heterocycles. The van der Waals surface area contributed by atoms with Gasteiger partial charge in [-0.25, -0.2) is 0 Å². The van der Waals surface area contributed by atoms with E-state index in [1.54, 1.807) is 0 Å². The van der Waals surface area contributed by atoms with Gasteiger partial charge in [0.1, 0.15) is 0 Å². The molecule has 2 fully saturated rings. The number of allylic oxidation sites excluding steroid dienone is 1. The van der Waals surface area contributed by atoms with Crippen molar-refractivity contribution in [2.45, 2.75) is 38.0 Å². The van der Waals surface area contributed by atoms with Crippen LogP contribution in [-0.2, 0) is 5.41 Å². The summed E-state index contributed by atoms with van der Waals surface area (Å²) in [4.78, 5) is 0. The van der Waals surface area contributed by atoms with Crippen molar-refractivity contribution >= 4 is 0 Å². The lowest BCUT2D eigenvalue weighted by Gasteiger charge is -2.50. The first-order valence-corrected chi connectivity index (χ1v) is 6.55. The predicted octanol–water partition coefficient (Wildman–Crippen LogP) is 3.54. The molecule has 17 heavy (non-hydrogen) atoms. The largest absolute Gasteiger partial charge is 0.391 e. The molecule has 0 saturated heterocycles. The number of rotatable bonds is 3. The van der Waals surface area contributed by atoms with E-state index in [0.717, 1.165) is 0 Å². The van der Waals surface area contributed by atoms with E-state index in [1.807, 2.05) is 7.05 Å². The SMILES string of the molecule is C=C(NC)C1(c2cccc(C)c2)CC2(CC2)C1. The van der Waals surface area contributed by atoms with Gasteiger partial charge in [0, 0.05) is 18.2 Å². The van der Waals surface area contributed by atoms with Crippen LogP contribution in [0.5, 0.6) is 0 Å². The zero-order valence-electron chi connectivity index (χ0n) is 10.8. The van der Waals surface area contributed by atoms with Crippen molar-refractivity contribution in [1.82, 2.24) is 5.32 Å². The Morgan fingerprint density at radius 1 is 1.29 bits per heavy atom. The van der Waals surface area contributed by atoms with Crippen LogP contribution in [0.15, 0.2) is 36.5 Å². The van der Waals surface area contributed by atoms with Crippen molar-refractivity contribution < 1.29 is 0 Å². The second-order valence-electron chi connectivity index (χ2n) is 6.03. The first-order valence-electron chi connectivity index (χ1n) is 6.55. The highest BCUT2D eigenvalue weighted by Crippen LogP contribution is 2.70. The van der Waals surface area contributed by atoms with Gasteiger partial charge < -0.3 is 5.32 Å². The van der Waals surface area contributed by atoms with Crippen LogP contribution in [0.4, 0.5) is 0 Å². The van der Waals surface area contributed by atoms with E-state index in [2.05, 4.69) is 43.1 Å². The third-order valence-corrected chi connectivity index (χ3v) is 4.76. The first kappa shape index (κ1) is 10.9. The van der Waals surface area contributed by atoms with Crippen LogP contribution in [0.3, 0.4) is 0 Å². The van der Waals surface area contributed by atoms with Crippen LogP contribution in [0.25, 0.3) is 0 Å². The molecular weight excluding hydrogens is 206 g/mol. The molecule has 2 aliphatic carbocycles. The molecule has 0 aliphatic heterocycles. The molecule has 1 aromatic rings. The Morgan fingerprint density at radius 2 is 2.00 bits per heavy atom. The van der Waals surface area contributed by atoms with Gasteiger partial charge >= 0.3 is 0 Å². The topological polar surface area (TPSA) is 12.0 Å². The molecule has 0 aromatic heterocycles. The molecule has 1 N–H and O–H groups in total. The Bertz CT molecular complexity index is 460. The van der Waals surface area contributed by atoms with Gasteiger partial charge in [0.25, 0.3) is 0 Å². The van der Waals surface area contributed by atoms with Gasteiger partial charge in [-0.1, -0.05) is 36.4 Å². The van der Waals surface area contributed by atoms with Crippen LogP contribution < -0.4 is 5.32 Å². The van der Waals surface area contributed by atoms with E-state index < -0.39 is 0 Å². The highest BCUT2D eigenvalue weighted by Gasteiger charge is 2.62. The fraction of sp³-hybridized carbons (Fsp3) is 0.500. The minimum Gasteiger partial charge on any atom is -0.391 e. The predicted molar refractivity (Wildman–Crippen MR) is 72.0 cm³/mol. The van der Waals surface area contributed by atoms with Crippen LogP contribution in [0, 0.1) is 12.3 Å². The third kappa shape index (κ3) is 1.52. The van der Waals surface area contributed by atoms with Crippen LogP contribution in [0.1, 0.15) is 36.8 Å². The molecule has 1 aromatic carbocycles. The number of nitrogens with one attached hydrogen (secondary N) is 1. The number of hydrogen-bond donors (Lipinski definition) is 1. The highest BCUT2D eigenvalue weighted by atomic mass is 14.9. The van der Waals surface area contributed by atoms with Crippen LogP contribution in [-0.4, -0.2) is 7.05 Å². The van der Waals surface area contributed by atoms with E-state index >= 15 is 0 Å². The third-order valence-electron chi connectivity index (χ3n) is 4.76. The molecule has 0 radical (unpaired) electrons. The summed E-state index contributed by atoms with van der Waals surface area (Å²) in [5.74, 6) is 0. The van der Waals surface area contributed by atoms with Crippen molar-refractivity contribution in [3.05, 3.63) is 47.7 Å². The maximum atomic E-state index is 4.26. The lowest BCUT2D eigenvalue weighted by atomic mass is 9.55. The van der Waals surface area contributed by atoms with Crippen LogP contribution >= 0.6 is 0 Å². The van der Waals surface area contributed by atoms with Gasteiger partial charge in [-0.15, -0.1) is 0 Å². The molecule has 90 valence electrons. The maximum absolute atomic E-state index is 4.26. The summed E-state index contributed by atoms with van der Waals surface area (Å²) >= 11 is 0. The molecule has 1 nitrogen and oxygen atoms in total. The summed E-state index contributed by atoms with van der Waals surface area (Å²) in [6.45, 7) is 6.43. The Kier molecular flexibility index (Phi) is 2.16. The van der Waals surface area contributed by atoms with Crippen molar-refractivity contribution in [1.29, 1.82) is 0 Å². The van der Waals surface area contributed by atoms with Crippen molar-refractivity contribution in [3.8, 4) is 0 Å². The molecule has 0 bridgehead atoms. The highest BCUT2D eigenvalue weighted by molar-refractivity contribution is 5.42. The molecule has 3 rings (SSSR count). The number of likely N-dealkylation sites (N-methyl/N-ethyl adjacent to an activating group) is 1. The fourth-order valence-electron chi connectivity index (χ4n) is 3.53. The van der Waals surface area contributed by atoms with Gasteiger partial charge in [0.2, 0.25) is 0 Å². The lowest BCUT2D eigenvalue weighted by Crippen LogP contribution is -2.47. The average molecular weight is 227 g/mol. The van der Waals surface area contributed by atoms with Crippen molar-refractivity contribution in [2.75, 3.05) is 7.05 Å². The molecule has 0 amide bonds. The molecular formula is C16H21N. The Labute approximate surface area is 104 Å². The van der Waals surface area contributed by atoms with E-state index in [9.17, 15) is 0 Å². The lowest BCUT2D eigenvalue weighted by molar-refractivity contribution is 0.148. The number of aryl methyl sites for hydroxylation is 1.